The topological polar surface area (TPSA) is 69.6 Å². The Morgan fingerprint density at radius 1 is 1.20 bits per heavy atom. The van der Waals surface area contributed by atoms with E-state index >= 15 is 0 Å². The number of urea groups is 1. The maximum absolute atomic E-state index is 12.1. The lowest BCUT2D eigenvalue weighted by Crippen LogP contribution is -2.52. The highest BCUT2D eigenvalue weighted by molar-refractivity contribution is 5.79. The Kier molecular flexibility index (Phi) is 4.25. The highest BCUT2D eigenvalue weighted by Gasteiger charge is 2.44. The number of carboxylic acid groups (broad SMARTS) is 1. The van der Waals surface area contributed by atoms with E-state index in [9.17, 15) is 14.7 Å². The fraction of sp³-hybridized carbons (Fsp3) is 0.867. The number of rotatable bonds is 4. The largest absolute Gasteiger partial charge is 0.481 e. The Hall–Kier alpha value is -1.26. The quantitative estimate of drug-likeness (QED) is 0.832. The highest BCUT2D eigenvalue weighted by Crippen LogP contribution is 2.40. The molecule has 5 heteroatoms. The number of amides is 2. The van der Waals surface area contributed by atoms with Crippen LogP contribution in [0.3, 0.4) is 0 Å². The number of piperidine rings is 1. The Bertz CT molecular complexity index is 383. The van der Waals surface area contributed by atoms with Gasteiger partial charge in [0.15, 0.2) is 0 Å². The zero-order chi connectivity index (χ0) is 14.8. The minimum Gasteiger partial charge on any atom is -0.481 e. The first kappa shape index (κ1) is 15.1. The van der Waals surface area contributed by atoms with Gasteiger partial charge in [-0.1, -0.05) is 26.7 Å². The SMILES string of the molecule is CCC1(C)CCN(C(=O)NCC2(C(=O)O)CCC2)CC1. The minimum atomic E-state index is -0.777. The fourth-order valence-electron chi connectivity index (χ4n) is 3.03. The molecule has 0 unspecified atom stereocenters. The van der Waals surface area contributed by atoms with Crippen LogP contribution in [0.2, 0.25) is 0 Å². The molecule has 20 heavy (non-hydrogen) atoms. The van der Waals surface area contributed by atoms with Crippen LogP contribution in [0.1, 0.15) is 52.4 Å². The van der Waals surface area contributed by atoms with Gasteiger partial charge < -0.3 is 15.3 Å². The smallest absolute Gasteiger partial charge is 0.317 e. The summed E-state index contributed by atoms with van der Waals surface area (Å²) >= 11 is 0. The lowest BCUT2D eigenvalue weighted by atomic mass is 9.69. The van der Waals surface area contributed by atoms with Gasteiger partial charge in [-0.15, -0.1) is 0 Å². The second-order valence-corrected chi connectivity index (χ2v) is 6.75. The lowest BCUT2D eigenvalue weighted by Gasteiger charge is -2.41. The molecule has 0 bridgehead atoms. The highest BCUT2D eigenvalue weighted by atomic mass is 16.4. The van der Waals surface area contributed by atoms with Gasteiger partial charge in [-0.05, 0) is 31.1 Å². The van der Waals surface area contributed by atoms with Crippen molar-refractivity contribution < 1.29 is 14.7 Å². The molecule has 2 fully saturated rings. The minimum absolute atomic E-state index is 0.101. The van der Waals surface area contributed by atoms with Gasteiger partial charge in [0.25, 0.3) is 0 Å². The third-order valence-corrected chi connectivity index (χ3v) is 5.45. The maximum Gasteiger partial charge on any atom is 0.317 e. The molecular formula is C15H26N2O3. The van der Waals surface area contributed by atoms with Gasteiger partial charge in [0.1, 0.15) is 0 Å². The summed E-state index contributed by atoms with van der Waals surface area (Å²) < 4.78 is 0. The van der Waals surface area contributed by atoms with Crippen molar-refractivity contribution in [2.75, 3.05) is 19.6 Å². The molecule has 1 saturated carbocycles. The molecule has 2 rings (SSSR count). The van der Waals surface area contributed by atoms with Gasteiger partial charge in [0.05, 0.1) is 5.41 Å². The van der Waals surface area contributed by atoms with E-state index in [0.717, 1.165) is 38.8 Å². The zero-order valence-electron chi connectivity index (χ0n) is 12.6. The van der Waals surface area contributed by atoms with Crippen LogP contribution in [0.4, 0.5) is 4.79 Å². The average Bonchev–Trinajstić information content (AvgIpc) is 2.37. The van der Waals surface area contributed by atoms with E-state index in [0.29, 0.717) is 18.3 Å². The van der Waals surface area contributed by atoms with E-state index in [4.69, 9.17) is 0 Å². The predicted octanol–water partition coefficient (Wildman–Crippen LogP) is 2.46. The first-order chi connectivity index (χ1) is 9.41. The fourth-order valence-corrected chi connectivity index (χ4v) is 3.03. The molecule has 1 aliphatic carbocycles. The van der Waals surface area contributed by atoms with Crippen LogP contribution in [0.5, 0.6) is 0 Å². The van der Waals surface area contributed by atoms with Crippen molar-refractivity contribution in [3.63, 3.8) is 0 Å². The lowest BCUT2D eigenvalue weighted by molar-refractivity contribution is -0.153. The van der Waals surface area contributed by atoms with Crippen LogP contribution in [0.15, 0.2) is 0 Å². The third-order valence-electron chi connectivity index (χ3n) is 5.45. The molecule has 0 atom stereocenters. The van der Waals surface area contributed by atoms with E-state index in [1.54, 1.807) is 0 Å². The number of aliphatic carboxylic acids is 1. The van der Waals surface area contributed by atoms with Gasteiger partial charge in [-0.25, -0.2) is 4.79 Å². The molecule has 0 radical (unpaired) electrons. The van der Waals surface area contributed by atoms with E-state index in [1.807, 2.05) is 4.90 Å². The van der Waals surface area contributed by atoms with Gasteiger partial charge in [0, 0.05) is 19.6 Å². The van der Waals surface area contributed by atoms with Gasteiger partial charge >= 0.3 is 12.0 Å². The number of likely N-dealkylation sites (tertiary alicyclic amines) is 1. The molecule has 2 aliphatic rings. The van der Waals surface area contributed by atoms with Crippen LogP contribution in [-0.2, 0) is 4.79 Å². The van der Waals surface area contributed by atoms with Crippen molar-refractivity contribution >= 4 is 12.0 Å². The van der Waals surface area contributed by atoms with Crippen molar-refractivity contribution in [1.29, 1.82) is 0 Å². The molecule has 0 aromatic carbocycles. The number of carbonyl (C=O) groups excluding carboxylic acids is 1. The molecule has 1 saturated heterocycles. The molecule has 0 aromatic rings. The average molecular weight is 282 g/mol. The number of hydrogen-bond donors (Lipinski definition) is 2. The van der Waals surface area contributed by atoms with Crippen LogP contribution in [0, 0.1) is 10.8 Å². The van der Waals surface area contributed by atoms with Crippen LogP contribution in [0.25, 0.3) is 0 Å². The summed E-state index contributed by atoms with van der Waals surface area (Å²) in [7, 11) is 0. The molecule has 0 aromatic heterocycles. The molecule has 2 N–H and O–H groups in total. The number of carboxylic acids is 1. The Morgan fingerprint density at radius 3 is 2.20 bits per heavy atom. The molecular weight excluding hydrogens is 256 g/mol. The summed E-state index contributed by atoms with van der Waals surface area (Å²) in [5, 5.41) is 12.1. The van der Waals surface area contributed by atoms with Crippen molar-refractivity contribution in [3.05, 3.63) is 0 Å². The molecule has 1 heterocycles. The summed E-state index contributed by atoms with van der Waals surface area (Å²) in [5.41, 5.74) is -0.351. The van der Waals surface area contributed by atoms with Crippen molar-refractivity contribution in [1.82, 2.24) is 10.2 Å². The van der Waals surface area contributed by atoms with E-state index in [1.165, 1.54) is 0 Å². The number of nitrogens with zero attached hydrogens (tertiary/aromatic N) is 1. The molecule has 0 spiro atoms. The molecule has 114 valence electrons. The second-order valence-electron chi connectivity index (χ2n) is 6.75. The van der Waals surface area contributed by atoms with Crippen LogP contribution >= 0.6 is 0 Å². The van der Waals surface area contributed by atoms with Crippen molar-refractivity contribution in [3.8, 4) is 0 Å². The van der Waals surface area contributed by atoms with Gasteiger partial charge in [-0.2, -0.15) is 0 Å². The second kappa shape index (κ2) is 5.62. The number of carbonyl (C=O) groups is 2. The summed E-state index contributed by atoms with van der Waals surface area (Å²) in [6.07, 6.45) is 5.50. The number of hydrogen-bond acceptors (Lipinski definition) is 2. The van der Waals surface area contributed by atoms with Gasteiger partial charge in [0.2, 0.25) is 0 Å². The summed E-state index contributed by atoms with van der Waals surface area (Å²) in [5.74, 6) is -0.777. The summed E-state index contributed by atoms with van der Waals surface area (Å²) in [4.78, 5) is 25.2. The first-order valence-electron chi connectivity index (χ1n) is 7.67. The standard InChI is InChI=1S/C15H26N2O3/c1-3-14(2)7-9-17(10-8-14)13(20)16-11-15(12(18)19)5-4-6-15/h3-11H2,1-2H3,(H,16,20)(H,18,19). The third kappa shape index (κ3) is 2.91. The zero-order valence-corrected chi connectivity index (χ0v) is 12.6. The van der Waals surface area contributed by atoms with E-state index < -0.39 is 11.4 Å². The van der Waals surface area contributed by atoms with Crippen molar-refractivity contribution in [2.45, 2.75) is 52.4 Å². The predicted molar refractivity (Wildman–Crippen MR) is 76.5 cm³/mol. The Morgan fingerprint density at radius 2 is 1.80 bits per heavy atom. The number of nitrogens with one attached hydrogen (secondary N) is 1. The first-order valence-corrected chi connectivity index (χ1v) is 7.67. The molecule has 1 aliphatic heterocycles. The van der Waals surface area contributed by atoms with E-state index in [2.05, 4.69) is 19.2 Å². The van der Waals surface area contributed by atoms with Crippen molar-refractivity contribution in [2.24, 2.45) is 10.8 Å². The summed E-state index contributed by atoms with van der Waals surface area (Å²) in [6.45, 7) is 6.29. The Balaban J connectivity index is 1.80. The van der Waals surface area contributed by atoms with Crippen LogP contribution < -0.4 is 5.32 Å². The monoisotopic (exact) mass is 282 g/mol. The van der Waals surface area contributed by atoms with Gasteiger partial charge in [-0.3, -0.25) is 4.79 Å². The van der Waals surface area contributed by atoms with E-state index in [-0.39, 0.29) is 12.6 Å². The molecule has 5 nitrogen and oxygen atoms in total. The maximum atomic E-state index is 12.1. The van der Waals surface area contributed by atoms with Crippen LogP contribution in [-0.4, -0.2) is 41.6 Å². The Labute approximate surface area is 120 Å². The summed E-state index contributed by atoms with van der Waals surface area (Å²) in [6, 6.07) is -0.101. The molecule has 2 amide bonds. The normalized spacial score (nSPS) is 23.8.